The van der Waals surface area contributed by atoms with Crippen LogP contribution in [0.4, 0.5) is 0 Å². The molecule has 0 aliphatic rings. The highest BCUT2D eigenvalue weighted by atomic mass is 16.5. The third-order valence-electron chi connectivity index (χ3n) is 2.81. The summed E-state index contributed by atoms with van der Waals surface area (Å²) in [7, 11) is 0. The monoisotopic (exact) mass is 250 g/mol. The van der Waals surface area contributed by atoms with Crippen LogP contribution in [0.25, 0.3) is 0 Å². The van der Waals surface area contributed by atoms with Gasteiger partial charge < -0.3 is 9.84 Å². The standard InChI is InChI=1S/C15H22O3/c1-10(2)13(14(16)17)18-12-8-6-7-11(9-12)15(3,4)5/h6-10,13H,1-5H3,(H,16,17). The summed E-state index contributed by atoms with van der Waals surface area (Å²) in [6, 6.07) is 7.64. The molecule has 0 spiro atoms. The molecule has 0 saturated heterocycles. The molecule has 100 valence electrons. The maximum atomic E-state index is 11.1. The first-order valence-electron chi connectivity index (χ1n) is 6.22. The molecule has 3 nitrogen and oxygen atoms in total. The van der Waals surface area contributed by atoms with Crippen LogP contribution >= 0.6 is 0 Å². The number of carboxylic acid groups (broad SMARTS) is 1. The van der Waals surface area contributed by atoms with Gasteiger partial charge in [-0.15, -0.1) is 0 Å². The molecule has 0 bridgehead atoms. The predicted octanol–water partition coefficient (Wildman–Crippen LogP) is 3.47. The van der Waals surface area contributed by atoms with Crippen molar-refractivity contribution >= 4 is 5.97 Å². The molecule has 18 heavy (non-hydrogen) atoms. The Morgan fingerprint density at radius 3 is 2.33 bits per heavy atom. The molecule has 3 heteroatoms. The molecular formula is C15H22O3. The number of benzene rings is 1. The molecular weight excluding hydrogens is 228 g/mol. The highest BCUT2D eigenvalue weighted by Gasteiger charge is 2.24. The summed E-state index contributed by atoms with van der Waals surface area (Å²) in [6.07, 6.45) is -0.805. The average Bonchev–Trinajstić information content (AvgIpc) is 2.24. The number of carboxylic acids is 1. The quantitative estimate of drug-likeness (QED) is 0.890. The minimum absolute atomic E-state index is 0.0237. The van der Waals surface area contributed by atoms with Gasteiger partial charge in [-0.2, -0.15) is 0 Å². The van der Waals surface area contributed by atoms with Gasteiger partial charge in [0.1, 0.15) is 5.75 Å². The van der Waals surface area contributed by atoms with Crippen molar-refractivity contribution < 1.29 is 14.6 Å². The van der Waals surface area contributed by atoms with Gasteiger partial charge in [0.2, 0.25) is 0 Å². The van der Waals surface area contributed by atoms with Crippen molar-refractivity contribution in [3.63, 3.8) is 0 Å². The van der Waals surface area contributed by atoms with Gasteiger partial charge in [0, 0.05) is 5.92 Å². The Bertz CT molecular complexity index is 416. The zero-order chi connectivity index (χ0) is 13.9. The van der Waals surface area contributed by atoms with E-state index in [1.807, 2.05) is 32.0 Å². The Morgan fingerprint density at radius 2 is 1.89 bits per heavy atom. The molecule has 0 saturated carbocycles. The first-order chi connectivity index (χ1) is 8.21. The van der Waals surface area contributed by atoms with E-state index in [1.165, 1.54) is 0 Å². The number of hydrogen-bond acceptors (Lipinski definition) is 2. The molecule has 1 N–H and O–H groups in total. The second-order valence-electron chi connectivity index (χ2n) is 5.90. The summed E-state index contributed by atoms with van der Waals surface area (Å²) in [4.78, 5) is 11.1. The molecule has 0 fully saturated rings. The summed E-state index contributed by atoms with van der Waals surface area (Å²) in [6.45, 7) is 10.0. The lowest BCUT2D eigenvalue weighted by Crippen LogP contribution is -2.32. The number of carbonyl (C=O) groups is 1. The Hall–Kier alpha value is -1.51. The van der Waals surface area contributed by atoms with Gasteiger partial charge in [0.05, 0.1) is 0 Å². The second-order valence-corrected chi connectivity index (χ2v) is 5.90. The van der Waals surface area contributed by atoms with Gasteiger partial charge >= 0.3 is 5.97 Å². The average molecular weight is 250 g/mol. The van der Waals surface area contributed by atoms with Crippen molar-refractivity contribution in [1.82, 2.24) is 0 Å². The normalized spacial score (nSPS) is 13.4. The zero-order valence-electron chi connectivity index (χ0n) is 11.7. The van der Waals surface area contributed by atoms with Crippen LogP contribution in [0.5, 0.6) is 5.75 Å². The highest BCUT2D eigenvalue weighted by Crippen LogP contribution is 2.26. The molecule has 0 aliphatic carbocycles. The SMILES string of the molecule is CC(C)C(Oc1cccc(C(C)(C)C)c1)C(=O)O. The fourth-order valence-electron chi connectivity index (χ4n) is 1.65. The largest absolute Gasteiger partial charge is 0.478 e. The smallest absolute Gasteiger partial charge is 0.345 e. The third kappa shape index (κ3) is 3.76. The molecule has 1 rings (SSSR count). The number of hydrogen-bond donors (Lipinski definition) is 1. The van der Waals surface area contributed by atoms with Crippen LogP contribution in [0.15, 0.2) is 24.3 Å². The van der Waals surface area contributed by atoms with Crippen LogP contribution in [0.3, 0.4) is 0 Å². The van der Waals surface area contributed by atoms with E-state index in [4.69, 9.17) is 9.84 Å². The van der Waals surface area contributed by atoms with Crippen molar-refractivity contribution in [1.29, 1.82) is 0 Å². The topological polar surface area (TPSA) is 46.5 Å². The second kappa shape index (κ2) is 5.42. The Morgan fingerprint density at radius 1 is 1.28 bits per heavy atom. The fourth-order valence-corrected chi connectivity index (χ4v) is 1.65. The van der Waals surface area contributed by atoms with Crippen molar-refractivity contribution in [2.24, 2.45) is 5.92 Å². The van der Waals surface area contributed by atoms with Crippen LogP contribution in [0.2, 0.25) is 0 Å². The lowest BCUT2D eigenvalue weighted by atomic mass is 9.87. The minimum atomic E-state index is -0.925. The maximum absolute atomic E-state index is 11.1. The van der Waals surface area contributed by atoms with Crippen LogP contribution in [-0.2, 0) is 10.2 Å². The summed E-state index contributed by atoms with van der Waals surface area (Å²) in [5.41, 5.74) is 1.16. The van der Waals surface area contributed by atoms with Crippen molar-refractivity contribution in [3.05, 3.63) is 29.8 Å². The van der Waals surface area contributed by atoms with Crippen molar-refractivity contribution in [3.8, 4) is 5.75 Å². The van der Waals surface area contributed by atoms with Gasteiger partial charge in [0.15, 0.2) is 6.10 Å². The predicted molar refractivity (Wildman–Crippen MR) is 72.0 cm³/mol. The zero-order valence-corrected chi connectivity index (χ0v) is 11.7. The van der Waals surface area contributed by atoms with Gasteiger partial charge in [-0.3, -0.25) is 0 Å². The van der Waals surface area contributed by atoms with Crippen molar-refractivity contribution in [2.75, 3.05) is 0 Å². The van der Waals surface area contributed by atoms with Gasteiger partial charge in [-0.1, -0.05) is 46.8 Å². The van der Waals surface area contributed by atoms with E-state index in [-0.39, 0.29) is 11.3 Å². The van der Waals surface area contributed by atoms with E-state index in [0.717, 1.165) is 5.56 Å². The first kappa shape index (κ1) is 14.6. The molecule has 1 aromatic rings. The lowest BCUT2D eigenvalue weighted by molar-refractivity contribution is -0.147. The maximum Gasteiger partial charge on any atom is 0.345 e. The molecule has 1 aromatic carbocycles. The van der Waals surface area contributed by atoms with E-state index in [2.05, 4.69) is 20.8 Å². The van der Waals surface area contributed by atoms with E-state index in [9.17, 15) is 4.79 Å². The van der Waals surface area contributed by atoms with E-state index < -0.39 is 12.1 Å². The van der Waals surface area contributed by atoms with Crippen LogP contribution < -0.4 is 4.74 Å². The van der Waals surface area contributed by atoms with Gasteiger partial charge in [-0.05, 0) is 23.1 Å². The molecule has 0 aromatic heterocycles. The number of aliphatic carboxylic acids is 1. The van der Waals surface area contributed by atoms with E-state index >= 15 is 0 Å². The molecule has 1 atom stereocenters. The summed E-state index contributed by atoms with van der Waals surface area (Å²) in [5.74, 6) is -0.379. The van der Waals surface area contributed by atoms with Crippen LogP contribution in [0.1, 0.15) is 40.2 Å². The van der Waals surface area contributed by atoms with Crippen molar-refractivity contribution in [2.45, 2.75) is 46.1 Å². The van der Waals surface area contributed by atoms with Gasteiger partial charge in [-0.25, -0.2) is 4.79 Å². The summed E-state index contributed by atoms with van der Waals surface area (Å²) in [5, 5.41) is 9.11. The lowest BCUT2D eigenvalue weighted by Gasteiger charge is -2.22. The molecule has 0 heterocycles. The molecule has 0 aliphatic heterocycles. The van der Waals surface area contributed by atoms with Crippen LogP contribution in [0, 0.1) is 5.92 Å². The summed E-state index contributed by atoms with van der Waals surface area (Å²) >= 11 is 0. The number of ether oxygens (including phenoxy) is 1. The van der Waals surface area contributed by atoms with E-state index in [0.29, 0.717) is 5.75 Å². The Kier molecular flexibility index (Phi) is 4.38. The number of rotatable bonds is 4. The van der Waals surface area contributed by atoms with Crippen LogP contribution in [-0.4, -0.2) is 17.2 Å². The molecule has 0 radical (unpaired) electrons. The third-order valence-corrected chi connectivity index (χ3v) is 2.81. The molecule has 1 unspecified atom stereocenters. The Balaban J connectivity index is 2.94. The Labute approximate surface area is 109 Å². The highest BCUT2D eigenvalue weighted by molar-refractivity contribution is 5.73. The molecule has 0 amide bonds. The first-order valence-corrected chi connectivity index (χ1v) is 6.22. The van der Waals surface area contributed by atoms with E-state index in [1.54, 1.807) is 6.07 Å². The minimum Gasteiger partial charge on any atom is -0.478 e. The summed E-state index contributed by atoms with van der Waals surface area (Å²) < 4.78 is 5.57. The fraction of sp³-hybridized carbons (Fsp3) is 0.533. The van der Waals surface area contributed by atoms with Gasteiger partial charge in [0.25, 0.3) is 0 Å².